The van der Waals surface area contributed by atoms with Crippen LogP contribution in [0.2, 0.25) is 0 Å². The highest BCUT2D eigenvalue weighted by molar-refractivity contribution is 5.93. The number of aromatic nitrogens is 1. The summed E-state index contributed by atoms with van der Waals surface area (Å²) in [5.74, 6) is -0.0433. The number of halogens is 3. The fourth-order valence-corrected chi connectivity index (χ4v) is 5.63. The number of fused-ring (bicyclic) bond motifs is 1. The lowest BCUT2D eigenvalue weighted by atomic mass is 9.83. The summed E-state index contributed by atoms with van der Waals surface area (Å²) in [5.41, 5.74) is 2.09. The van der Waals surface area contributed by atoms with Gasteiger partial charge in [0.05, 0.1) is 5.56 Å². The van der Waals surface area contributed by atoms with Crippen molar-refractivity contribution in [3.8, 4) is 11.5 Å². The zero-order valence-electron chi connectivity index (χ0n) is 24.1. The number of carbonyl (C=O) groups excluding carboxylic acids is 2. The number of carbonyl (C=O) groups is 2. The largest absolute Gasteiger partial charge is 0.457 e. The van der Waals surface area contributed by atoms with Gasteiger partial charge in [0.2, 0.25) is 5.91 Å². The summed E-state index contributed by atoms with van der Waals surface area (Å²) in [6.45, 7) is 3.94. The lowest BCUT2D eigenvalue weighted by Gasteiger charge is -2.25. The molecule has 0 spiro atoms. The third-order valence-electron chi connectivity index (χ3n) is 7.92. The number of rotatable bonds is 10. The molecule has 0 radical (unpaired) electrons. The van der Waals surface area contributed by atoms with Crippen molar-refractivity contribution < 1.29 is 27.5 Å². The Kier molecular flexibility index (Phi) is 9.62. The zero-order chi connectivity index (χ0) is 30.4. The molecular weight excluding hydrogens is 559 g/mol. The normalized spacial score (nSPS) is 16.9. The second-order valence-corrected chi connectivity index (χ2v) is 11.1. The maximum Gasteiger partial charge on any atom is 0.416 e. The Balaban J connectivity index is 1.23. The van der Waals surface area contributed by atoms with Crippen LogP contribution < -0.4 is 20.7 Å². The van der Waals surface area contributed by atoms with Crippen molar-refractivity contribution in [3.05, 3.63) is 82.7 Å². The van der Waals surface area contributed by atoms with Gasteiger partial charge in [0.15, 0.2) is 0 Å². The molecule has 0 saturated carbocycles. The van der Waals surface area contributed by atoms with E-state index in [1.165, 1.54) is 26.1 Å². The first-order valence-electron chi connectivity index (χ1n) is 14.6. The molecule has 43 heavy (non-hydrogen) atoms. The average molecular weight is 596 g/mol. The van der Waals surface area contributed by atoms with Crippen molar-refractivity contribution in [3.63, 3.8) is 0 Å². The number of pyridine rings is 1. The molecule has 2 heterocycles. The van der Waals surface area contributed by atoms with E-state index < -0.39 is 17.7 Å². The van der Waals surface area contributed by atoms with E-state index in [1.807, 2.05) is 18.2 Å². The molecule has 1 saturated heterocycles. The minimum Gasteiger partial charge on any atom is -0.457 e. The van der Waals surface area contributed by atoms with E-state index in [2.05, 4.69) is 25.8 Å². The van der Waals surface area contributed by atoms with Crippen molar-refractivity contribution in [2.75, 3.05) is 38.5 Å². The first kappa shape index (κ1) is 30.5. The van der Waals surface area contributed by atoms with E-state index in [9.17, 15) is 22.8 Å². The fourth-order valence-electron chi connectivity index (χ4n) is 5.63. The molecule has 2 aromatic carbocycles. The predicted octanol–water partition coefficient (Wildman–Crippen LogP) is 5.18. The second kappa shape index (κ2) is 13.6. The van der Waals surface area contributed by atoms with Gasteiger partial charge in [-0.05, 0) is 98.3 Å². The topological polar surface area (TPSA) is 95.6 Å². The van der Waals surface area contributed by atoms with Crippen molar-refractivity contribution in [1.82, 2.24) is 20.5 Å². The van der Waals surface area contributed by atoms with E-state index in [-0.39, 0.29) is 29.7 Å². The molecule has 2 aliphatic rings. The summed E-state index contributed by atoms with van der Waals surface area (Å²) in [6.07, 6.45) is 1.02. The van der Waals surface area contributed by atoms with Gasteiger partial charge < -0.3 is 25.6 Å². The third kappa shape index (κ3) is 8.11. The maximum atomic E-state index is 13.7. The van der Waals surface area contributed by atoms with Crippen LogP contribution in [0.4, 0.5) is 18.9 Å². The smallest absolute Gasteiger partial charge is 0.416 e. The SMILES string of the molecule is CNC(=O)c1cc(Oc2ccc3c(c2)CC(C(=O)Nc2cc(CNCCN4CCCC4)cc(C(F)(F)F)c2)CC3)ccn1. The number of anilines is 1. The van der Waals surface area contributed by atoms with Gasteiger partial charge in [-0.1, -0.05) is 6.07 Å². The van der Waals surface area contributed by atoms with Crippen molar-refractivity contribution in [2.24, 2.45) is 5.92 Å². The van der Waals surface area contributed by atoms with Crippen molar-refractivity contribution in [1.29, 1.82) is 0 Å². The number of nitrogens with zero attached hydrogens (tertiary/aromatic N) is 2. The van der Waals surface area contributed by atoms with Crippen LogP contribution in [0, 0.1) is 5.92 Å². The average Bonchev–Trinajstić information content (AvgIpc) is 3.52. The number of hydrogen-bond donors (Lipinski definition) is 3. The number of amides is 2. The summed E-state index contributed by atoms with van der Waals surface area (Å²) >= 11 is 0. The van der Waals surface area contributed by atoms with Crippen LogP contribution in [-0.2, 0) is 30.4 Å². The highest BCUT2D eigenvalue weighted by atomic mass is 19.4. The molecule has 8 nitrogen and oxygen atoms in total. The predicted molar refractivity (Wildman–Crippen MR) is 157 cm³/mol. The molecule has 1 unspecified atom stereocenters. The van der Waals surface area contributed by atoms with Gasteiger partial charge in [-0.2, -0.15) is 13.2 Å². The van der Waals surface area contributed by atoms with E-state index >= 15 is 0 Å². The van der Waals surface area contributed by atoms with Crippen LogP contribution in [0.3, 0.4) is 0 Å². The molecule has 228 valence electrons. The summed E-state index contributed by atoms with van der Waals surface area (Å²) in [5, 5.41) is 8.52. The van der Waals surface area contributed by atoms with Gasteiger partial charge in [-0.3, -0.25) is 14.6 Å². The highest BCUT2D eigenvalue weighted by Crippen LogP contribution is 2.34. The quantitative estimate of drug-likeness (QED) is 0.280. The number of nitrogens with one attached hydrogen (secondary N) is 3. The zero-order valence-corrected chi connectivity index (χ0v) is 24.1. The van der Waals surface area contributed by atoms with Gasteiger partial charge in [-0.25, -0.2) is 0 Å². The van der Waals surface area contributed by atoms with Crippen LogP contribution in [0.5, 0.6) is 11.5 Å². The van der Waals surface area contributed by atoms with Crippen LogP contribution in [-0.4, -0.2) is 54.9 Å². The van der Waals surface area contributed by atoms with Crippen LogP contribution in [0.25, 0.3) is 0 Å². The number of hydrogen-bond acceptors (Lipinski definition) is 6. The Morgan fingerprint density at radius 3 is 2.58 bits per heavy atom. The van der Waals surface area contributed by atoms with Gasteiger partial charge >= 0.3 is 6.18 Å². The van der Waals surface area contributed by atoms with E-state index in [4.69, 9.17) is 4.74 Å². The van der Waals surface area contributed by atoms with Gasteiger partial charge in [-0.15, -0.1) is 0 Å². The van der Waals surface area contributed by atoms with Crippen molar-refractivity contribution >= 4 is 17.5 Å². The Hall–Kier alpha value is -3.96. The third-order valence-corrected chi connectivity index (χ3v) is 7.92. The molecule has 5 rings (SSSR count). The lowest BCUT2D eigenvalue weighted by Crippen LogP contribution is -2.30. The summed E-state index contributed by atoms with van der Waals surface area (Å²) in [4.78, 5) is 31.6. The first-order valence-corrected chi connectivity index (χ1v) is 14.6. The summed E-state index contributed by atoms with van der Waals surface area (Å²) in [6, 6.07) is 12.6. The minimum atomic E-state index is -4.53. The Bertz CT molecular complexity index is 1460. The molecule has 2 amide bonds. The number of likely N-dealkylation sites (tertiary alicyclic amines) is 1. The van der Waals surface area contributed by atoms with Crippen molar-refractivity contribution in [2.45, 2.75) is 44.8 Å². The molecule has 0 bridgehead atoms. The molecule has 1 aliphatic carbocycles. The number of alkyl halides is 3. The highest BCUT2D eigenvalue weighted by Gasteiger charge is 2.32. The van der Waals surface area contributed by atoms with Gasteiger partial charge in [0.1, 0.15) is 17.2 Å². The number of aryl methyl sites for hydroxylation is 1. The molecule has 11 heteroatoms. The standard InChI is InChI=1S/C32H36F3N5O3/c1-36-31(42)29-19-28(8-9-38-29)43-27-7-6-22-4-5-23(16-24(22)17-27)30(41)39-26-15-21(14-25(18-26)32(33,34)35)20-37-10-13-40-11-2-3-12-40/h6-9,14-15,17-19,23,37H,2-5,10-13,16,20H2,1H3,(H,36,42)(H,39,41). The molecule has 1 aromatic heterocycles. The van der Waals surface area contributed by atoms with Crippen LogP contribution in [0.1, 0.15) is 52.0 Å². The molecule has 1 atom stereocenters. The molecule has 3 aromatic rings. The first-order chi connectivity index (χ1) is 20.7. The lowest BCUT2D eigenvalue weighted by molar-refractivity contribution is -0.137. The summed E-state index contributed by atoms with van der Waals surface area (Å²) < 4.78 is 47.1. The Morgan fingerprint density at radius 1 is 1.02 bits per heavy atom. The molecular formula is C32H36F3N5O3. The Morgan fingerprint density at radius 2 is 1.81 bits per heavy atom. The van der Waals surface area contributed by atoms with E-state index in [0.717, 1.165) is 42.9 Å². The summed E-state index contributed by atoms with van der Waals surface area (Å²) in [7, 11) is 1.52. The fraction of sp³-hybridized carbons (Fsp3) is 0.406. The van der Waals surface area contributed by atoms with E-state index in [0.29, 0.717) is 42.9 Å². The minimum absolute atomic E-state index is 0.142. The molecule has 3 N–H and O–H groups in total. The van der Waals surface area contributed by atoms with Crippen LogP contribution >= 0.6 is 0 Å². The van der Waals surface area contributed by atoms with Crippen LogP contribution in [0.15, 0.2) is 54.7 Å². The molecule has 1 fully saturated rings. The monoisotopic (exact) mass is 595 g/mol. The van der Waals surface area contributed by atoms with E-state index in [1.54, 1.807) is 18.2 Å². The maximum absolute atomic E-state index is 13.7. The van der Waals surface area contributed by atoms with Gasteiger partial charge in [0, 0.05) is 50.6 Å². The number of benzene rings is 2. The second-order valence-electron chi connectivity index (χ2n) is 11.1. The molecule has 1 aliphatic heterocycles. The number of ether oxygens (including phenoxy) is 1. The Labute approximate surface area is 249 Å². The van der Waals surface area contributed by atoms with Gasteiger partial charge in [0.25, 0.3) is 5.91 Å².